The smallest absolute Gasteiger partial charge is 0.341 e. The van der Waals surface area contributed by atoms with Crippen molar-refractivity contribution in [1.82, 2.24) is 9.97 Å². The molecule has 1 atom stereocenters. The number of carbonyl (C=O) groups excluding carboxylic acids is 1. The average molecular weight is 437 g/mol. The molecule has 0 unspecified atom stereocenters. The molecule has 2 aromatic heterocycles. The summed E-state index contributed by atoms with van der Waals surface area (Å²) in [6, 6.07) is 5.31. The first-order chi connectivity index (χ1) is 12.3. The predicted octanol–water partition coefficient (Wildman–Crippen LogP) is 2.28. The van der Waals surface area contributed by atoms with Gasteiger partial charge in [0.25, 0.3) is 0 Å². The minimum absolute atomic E-state index is 0. The first-order valence-electron chi connectivity index (χ1n) is 7.37. The Morgan fingerprint density at radius 2 is 1.85 bits per heavy atom. The summed E-state index contributed by atoms with van der Waals surface area (Å²) in [6.45, 7) is -0.518. The van der Waals surface area contributed by atoms with E-state index in [0.717, 1.165) is 0 Å². The van der Waals surface area contributed by atoms with Gasteiger partial charge >= 0.3 is 11.9 Å². The normalized spacial score (nSPS) is 11.2. The number of pyridine rings is 2. The van der Waals surface area contributed by atoms with Crippen LogP contribution in [0.4, 0.5) is 0 Å². The van der Waals surface area contributed by atoms with Gasteiger partial charge in [-0.2, -0.15) is 0 Å². The average Bonchev–Trinajstić information content (AvgIpc) is 2.58. The fourth-order valence-electron chi connectivity index (χ4n) is 1.95. The van der Waals surface area contributed by atoms with Crippen LogP contribution in [0.15, 0.2) is 30.5 Å². The summed E-state index contributed by atoms with van der Waals surface area (Å²) >= 11 is 11.6. The molecule has 0 aliphatic rings. The molecule has 0 bridgehead atoms. The van der Waals surface area contributed by atoms with E-state index in [1.165, 1.54) is 24.4 Å². The molecule has 2 aromatic rings. The summed E-state index contributed by atoms with van der Waals surface area (Å²) < 4.78 is 10.1. The highest BCUT2D eigenvalue weighted by Crippen LogP contribution is 2.16. The number of rotatable bonds is 8. The minimum Gasteiger partial charge on any atom is -0.479 e. The highest BCUT2D eigenvalue weighted by atomic mass is 35.5. The van der Waals surface area contributed by atoms with E-state index >= 15 is 0 Å². The lowest BCUT2D eigenvalue weighted by Crippen LogP contribution is -2.34. The van der Waals surface area contributed by atoms with Gasteiger partial charge in [-0.25, -0.2) is 14.8 Å². The van der Waals surface area contributed by atoms with Crippen LogP contribution in [0.5, 0.6) is 5.88 Å². The third kappa shape index (κ3) is 7.96. The summed E-state index contributed by atoms with van der Waals surface area (Å²) in [5.41, 5.74) is 7.10. The highest BCUT2D eigenvalue weighted by molar-refractivity contribution is 6.32. The lowest BCUT2D eigenvalue weighted by Gasteiger charge is -2.12. The Hall–Kier alpha value is -2.13. The van der Waals surface area contributed by atoms with Crippen LogP contribution in [-0.2, 0) is 27.4 Å². The Morgan fingerprint density at radius 3 is 2.41 bits per heavy atom. The maximum absolute atomic E-state index is 12.0. The second kappa shape index (κ2) is 10.9. The van der Waals surface area contributed by atoms with Crippen LogP contribution in [0.2, 0.25) is 10.3 Å². The molecule has 8 nitrogen and oxygen atoms in total. The van der Waals surface area contributed by atoms with Gasteiger partial charge in [-0.15, -0.1) is 12.4 Å². The second-order valence-corrected chi connectivity index (χ2v) is 6.00. The molecule has 0 aliphatic heterocycles. The van der Waals surface area contributed by atoms with Gasteiger partial charge in [0.15, 0.2) is 6.61 Å². The molecule has 27 heavy (non-hydrogen) atoms. The van der Waals surface area contributed by atoms with Crippen LogP contribution < -0.4 is 10.5 Å². The Kier molecular flexibility index (Phi) is 9.23. The molecule has 0 amide bonds. The van der Waals surface area contributed by atoms with Gasteiger partial charge in [-0.05, 0) is 29.7 Å². The van der Waals surface area contributed by atoms with Crippen molar-refractivity contribution in [3.05, 3.63) is 51.9 Å². The number of esters is 1. The number of aromatic nitrogens is 2. The maximum Gasteiger partial charge on any atom is 0.341 e. The zero-order valence-corrected chi connectivity index (χ0v) is 16.1. The zero-order chi connectivity index (χ0) is 19.1. The summed E-state index contributed by atoms with van der Waals surface area (Å²) in [5, 5.41) is 8.93. The van der Waals surface area contributed by atoms with Crippen molar-refractivity contribution < 1.29 is 24.2 Å². The lowest BCUT2D eigenvalue weighted by atomic mass is 10.1. The number of halogens is 3. The van der Waals surface area contributed by atoms with Crippen molar-refractivity contribution >= 4 is 47.5 Å². The van der Waals surface area contributed by atoms with Gasteiger partial charge in [0, 0.05) is 12.3 Å². The molecule has 0 radical (unpaired) electrons. The Bertz CT molecular complexity index is 769. The molecule has 0 aliphatic carbocycles. The summed E-state index contributed by atoms with van der Waals surface area (Å²) in [7, 11) is 0. The Balaban J connectivity index is 0.00000364. The molecule has 146 valence electrons. The molecule has 0 aromatic carbocycles. The molecule has 0 spiro atoms. The van der Waals surface area contributed by atoms with Crippen LogP contribution >= 0.6 is 35.6 Å². The van der Waals surface area contributed by atoms with Gasteiger partial charge in [0.05, 0.1) is 0 Å². The van der Waals surface area contributed by atoms with Crippen LogP contribution in [-0.4, -0.2) is 39.7 Å². The maximum atomic E-state index is 12.0. The van der Waals surface area contributed by atoms with Crippen LogP contribution in [0.1, 0.15) is 11.1 Å². The summed E-state index contributed by atoms with van der Waals surface area (Å²) in [6.07, 6.45) is 1.65. The lowest BCUT2D eigenvalue weighted by molar-refractivity contribution is -0.146. The van der Waals surface area contributed by atoms with Gasteiger partial charge in [-0.1, -0.05) is 29.3 Å². The number of hydrogen-bond donors (Lipinski definition) is 2. The van der Waals surface area contributed by atoms with E-state index in [2.05, 4.69) is 9.97 Å². The predicted molar refractivity (Wildman–Crippen MR) is 100 cm³/mol. The number of hydrogen-bond acceptors (Lipinski definition) is 7. The molecule has 0 saturated heterocycles. The van der Waals surface area contributed by atoms with Gasteiger partial charge in [0.1, 0.15) is 23.0 Å². The number of ether oxygens (including phenoxy) is 2. The summed E-state index contributed by atoms with van der Waals surface area (Å²) in [5.74, 6) is -1.53. The van der Waals surface area contributed by atoms with Gasteiger partial charge < -0.3 is 20.3 Å². The van der Waals surface area contributed by atoms with E-state index in [1.807, 2.05) is 0 Å². The van der Waals surface area contributed by atoms with Crippen molar-refractivity contribution in [3.63, 3.8) is 0 Å². The standard InChI is InChI=1S/C16H15Cl2N3O5.ClH/c17-12-4-10(5-13(18)21-12)7-26-16(24)11(19)3-9-1-2-14(20-6-9)25-8-15(22)23;/h1-2,4-6,11H,3,7-8,19H2,(H,22,23);1H/t11-;/m0./s1. The van der Waals surface area contributed by atoms with Gasteiger partial charge in [-0.3, -0.25) is 4.79 Å². The molecule has 0 saturated carbocycles. The van der Waals surface area contributed by atoms with E-state index in [9.17, 15) is 9.59 Å². The van der Waals surface area contributed by atoms with Crippen molar-refractivity contribution in [3.8, 4) is 5.88 Å². The number of carboxylic acids is 1. The first-order valence-corrected chi connectivity index (χ1v) is 8.13. The number of nitrogens with two attached hydrogens (primary N) is 1. The minimum atomic E-state index is -1.10. The number of aliphatic carboxylic acids is 1. The molecule has 2 heterocycles. The molecule has 11 heteroatoms. The highest BCUT2D eigenvalue weighted by Gasteiger charge is 2.16. The molecular formula is C16H16Cl3N3O5. The van der Waals surface area contributed by atoms with Crippen LogP contribution in [0.3, 0.4) is 0 Å². The number of carbonyl (C=O) groups is 2. The molecule has 3 N–H and O–H groups in total. The second-order valence-electron chi connectivity index (χ2n) is 5.23. The van der Waals surface area contributed by atoms with Crippen molar-refractivity contribution in [1.29, 1.82) is 0 Å². The Labute approximate surface area is 171 Å². The molecular weight excluding hydrogens is 421 g/mol. The summed E-state index contributed by atoms with van der Waals surface area (Å²) in [4.78, 5) is 30.2. The van der Waals surface area contributed by atoms with E-state index in [0.29, 0.717) is 11.1 Å². The third-order valence-electron chi connectivity index (χ3n) is 3.10. The van der Waals surface area contributed by atoms with Crippen molar-refractivity contribution in [2.45, 2.75) is 19.1 Å². The third-order valence-corrected chi connectivity index (χ3v) is 3.49. The van der Waals surface area contributed by atoms with E-state index in [4.69, 9.17) is 43.5 Å². The van der Waals surface area contributed by atoms with Crippen LogP contribution in [0, 0.1) is 0 Å². The van der Waals surface area contributed by atoms with E-state index in [1.54, 1.807) is 6.07 Å². The van der Waals surface area contributed by atoms with E-state index in [-0.39, 0.29) is 41.6 Å². The monoisotopic (exact) mass is 435 g/mol. The first kappa shape index (κ1) is 22.9. The quantitative estimate of drug-likeness (QED) is 0.477. The van der Waals surface area contributed by atoms with E-state index < -0.39 is 24.6 Å². The zero-order valence-electron chi connectivity index (χ0n) is 13.8. The molecule has 0 fully saturated rings. The van der Waals surface area contributed by atoms with Crippen molar-refractivity contribution in [2.75, 3.05) is 6.61 Å². The van der Waals surface area contributed by atoms with Crippen LogP contribution in [0.25, 0.3) is 0 Å². The number of carboxylic acid groups (broad SMARTS) is 1. The topological polar surface area (TPSA) is 125 Å². The number of nitrogens with zero attached hydrogens (tertiary/aromatic N) is 2. The molecule has 2 rings (SSSR count). The van der Waals surface area contributed by atoms with Crippen molar-refractivity contribution in [2.24, 2.45) is 5.73 Å². The fraction of sp³-hybridized carbons (Fsp3) is 0.250. The SMILES string of the molecule is Cl.N[C@@H](Cc1ccc(OCC(=O)O)nc1)C(=O)OCc1cc(Cl)nc(Cl)c1. The largest absolute Gasteiger partial charge is 0.479 e. The van der Waals surface area contributed by atoms with Gasteiger partial charge in [0.2, 0.25) is 5.88 Å². The Morgan fingerprint density at radius 1 is 1.19 bits per heavy atom. The fourth-order valence-corrected chi connectivity index (χ4v) is 2.45.